The maximum atomic E-state index is 13.0. The predicted molar refractivity (Wildman–Crippen MR) is 118 cm³/mol. The van der Waals surface area contributed by atoms with Crippen LogP contribution >= 0.6 is 0 Å². The number of hydrogen-bond donors (Lipinski definition) is 3. The molecule has 4 aromatic rings. The number of aromatic nitrogens is 4. The molecule has 0 spiro atoms. The molecule has 0 unspecified atom stereocenters. The lowest BCUT2D eigenvalue weighted by molar-refractivity contribution is -0.140. The van der Waals surface area contributed by atoms with E-state index in [1.807, 2.05) is 19.1 Å². The van der Waals surface area contributed by atoms with Gasteiger partial charge in [-0.1, -0.05) is 6.07 Å². The summed E-state index contributed by atoms with van der Waals surface area (Å²) in [6, 6.07) is 8.85. The number of carbonyl (C=O) groups excluding carboxylic acids is 1. The van der Waals surface area contributed by atoms with Crippen LogP contribution in [-0.2, 0) is 6.18 Å². The van der Waals surface area contributed by atoms with Crippen molar-refractivity contribution >= 4 is 28.4 Å². The molecule has 33 heavy (non-hydrogen) atoms. The van der Waals surface area contributed by atoms with Crippen LogP contribution in [-0.4, -0.2) is 37.3 Å². The lowest BCUT2D eigenvalue weighted by Gasteiger charge is -2.30. The highest BCUT2D eigenvalue weighted by Gasteiger charge is 2.34. The fourth-order valence-electron chi connectivity index (χ4n) is 4.45. The van der Waals surface area contributed by atoms with Gasteiger partial charge in [-0.2, -0.15) is 13.2 Å². The maximum absolute atomic E-state index is 13.0. The van der Waals surface area contributed by atoms with Crippen molar-refractivity contribution < 1.29 is 18.0 Å². The molecule has 0 aliphatic heterocycles. The van der Waals surface area contributed by atoms with Gasteiger partial charge in [-0.05, 0) is 62.4 Å². The van der Waals surface area contributed by atoms with Gasteiger partial charge >= 0.3 is 6.18 Å². The van der Waals surface area contributed by atoms with Crippen LogP contribution in [0, 0.1) is 6.92 Å². The Kier molecular flexibility index (Phi) is 5.22. The number of hydrogen-bond acceptors (Lipinski definition) is 4. The summed E-state index contributed by atoms with van der Waals surface area (Å²) in [5, 5.41) is 6.48. The summed E-state index contributed by atoms with van der Waals surface area (Å²) in [4.78, 5) is 23.8. The van der Waals surface area contributed by atoms with E-state index in [9.17, 15) is 18.0 Å². The quantitative estimate of drug-likeness (QED) is 0.416. The number of alkyl halides is 3. The molecule has 1 aliphatic carbocycles. The Hall–Kier alpha value is -3.56. The second-order valence-corrected chi connectivity index (χ2v) is 8.52. The topological polar surface area (TPSA) is 87.1 Å². The Bertz CT molecular complexity index is 1320. The zero-order valence-corrected chi connectivity index (χ0v) is 17.9. The Balaban J connectivity index is 1.22. The van der Waals surface area contributed by atoms with Crippen LogP contribution < -0.4 is 10.6 Å². The van der Waals surface area contributed by atoms with Gasteiger partial charge in [0, 0.05) is 23.8 Å². The van der Waals surface area contributed by atoms with Gasteiger partial charge in [0.1, 0.15) is 11.5 Å². The first kappa shape index (κ1) is 21.3. The number of nitrogens with one attached hydrogen (secondary N) is 3. The smallest absolute Gasteiger partial charge is 0.368 e. The number of anilines is 1. The first-order chi connectivity index (χ1) is 15.8. The van der Waals surface area contributed by atoms with Gasteiger partial charge in [-0.15, -0.1) is 0 Å². The third-order valence-electron chi connectivity index (χ3n) is 6.21. The molecule has 1 amide bonds. The van der Waals surface area contributed by atoms with E-state index < -0.39 is 11.9 Å². The van der Waals surface area contributed by atoms with E-state index in [4.69, 9.17) is 0 Å². The molecule has 1 saturated carbocycles. The van der Waals surface area contributed by atoms with Gasteiger partial charge in [0.25, 0.3) is 5.91 Å². The van der Waals surface area contributed by atoms with Gasteiger partial charge in [0.2, 0.25) is 0 Å². The highest BCUT2D eigenvalue weighted by atomic mass is 19.4. The van der Waals surface area contributed by atoms with E-state index in [0.717, 1.165) is 48.5 Å². The second-order valence-electron chi connectivity index (χ2n) is 8.52. The van der Waals surface area contributed by atoms with Gasteiger partial charge in [-0.25, -0.2) is 9.97 Å². The molecule has 3 heterocycles. The van der Waals surface area contributed by atoms with Crippen LogP contribution in [0.3, 0.4) is 0 Å². The summed E-state index contributed by atoms with van der Waals surface area (Å²) in [7, 11) is 0. The zero-order chi connectivity index (χ0) is 23.2. The van der Waals surface area contributed by atoms with Crippen LogP contribution in [0.15, 0.2) is 42.9 Å². The lowest BCUT2D eigenvalue weighted by Crippen LogP contribution is -2.40. The third kappa shape index (κ3) is 4.24. The number of pyridine rings is 1. The van der Waals surface area contributed by atoms with Crippen molar-refractivity contribution in [3.05, 3.63) is 59.7 Å². The summed E-state index contributed by atoms with van der Waals surface area (Å²) in [6.07, 6.45) is 1.28. The molecular formula is C23H23F3N6O. The van der Waals surface area contributed by atoms with Gasteiger partial charge in [0.15, 0.2) is 5.69 Å². The number of rotatable bonds is 4. The molecule has 1 aliphatic rings. The van der Waals surface area contributed by atoms with Crippen molar-refractivity contribution in [1.29, 1.82) is 0 Å². The molecule has 0 atom stereocenters. The highest BCUT2D eigenvalue weighted by Crippen LogP contribution is 2.30. The molecular weight excluding hydrogens is 433 g/mol. The minimum absolute atomic E-state index is 0.0493. The fraction of sp³-hybridized carbons (Fsp3) is 0.348. The number of benzene rings is 1. The first-order valence-corrected chi connectivity index (χ1v) is 10.8. The van der Waals surface area contributed by atoms with E-state index >= 15 is 0 Å². The van der Waals surface area contributed by atoms with Crippen molar-refractivity contribution in [3.63, 3.8) is 0 Å². The molecule has 0 radical (unpaired) electrons. The summed E-state index contributed by atoms with van der Waals surface area (Å²) in [5.74, 6) is 0.467. The van der Waals surface area contributed by atoms with E-state index in [2.05, 4.69) is 25.6 Å². The van der Waals surface area contributed by atoms with Crippen molar-refractivity contribution in [2.75, 3.05) is 5.32 Å². The Morgan fingerprint density at radius 3 is 2.67 bits per heavy atom. The first-order valence-electron chi connectivity index (χ1n) is 10.8. The van der Waals surface area contributed by atoms with Gasteiger partial charge in [0.05, 0.1) is 17.4 Å². The standard InChI is InChI=1S/C23H23F3N6O/c1-13-9-17-18(28-12-27-17)10-16(13)22(33)30-15-7-5-14(6-8-15)29-20-3-2-4-21-31-19(11-32(20)21)23(24,25)26/h2-4,9-12,14-15,29H,5-8H2,1H3,(H,27,28)(H,30,33)/t14-,15+. The number of fused-ring (bicyclic) bond motifs is 2. The monoisotopic (exact) mass is 456 g/mol. The minimum atomic E-state index is -4.49. The Morgan fingerprint density at radius 2 is 1.91 bits per heavy atom. The number of amides is 1. The SMILES string of the molecule is Cc1cc2nc[nH]c2cc1C(=O)N[C@H]1CC[C@@H](Nc2cccc3nc(C(F)(F)F)cn23)CC1. The second kappa shape index (κ2) is 8.09. The molecule has 0 bridgehead atoms. The third-order valence-corrected chi connectivity index (χ3v) is 6.21. The number of nitrogens with zero attached hydrogens (tertiary/aromatic N) is 3. The Morgan fingerprint density at radius 1 is 1.15 bits per heavy atom. The number of imidazole rings is 2. The van der Waals surface area contributed by atoms with Crippen molar-refractivity contribution in [2.24, 2.45) is 0 Å². The normalized spacial score (nSPS) is 19.2. The number of halogens is 3. The molecule has 10 heteroatoms. The molecule has 172 valence electrons. The van der Waals surface area contributed by atoms with Crippen molar-refractivity contribution in [2.45, 2.75) is 50.9 Å². The van der Waals surface area contributed by atoms with E-state index in [-0.39, 0.29) is 23.6 Å². The fourth-order valence-corrected chi connectivity index (χ4v) is 4.45. The van der Waals surface area contributed by atoms with Crippen LogP contribution in [0.4, 0.5) is 19.0 Å². The van der Waals surface area contributed by atoms with E-state index in [1.165, 1.54) is 4.40 Å². The van der Waals surface area contributed by atoms with Crippen LogP contribution in [0.5, 0.6) is 0 Å². The molecule has 0 saturated heterocycles. The van der Waals surface area contributed by atoms with Gasteiger partial charge < -0.3 is 15.6 Å². The molecule has 3 N–H and O–H groups in total. The molecule has 7 nitrogen and oxygen atoms in total. The molecule has 1 fully saturated rings. The van der Waals surface area contributed by atoms with Crippen molar-refractivity contribution in [1.82, 2.24) is 24.7 Å². The average molecular weight is 456 g/mol. The number of aryl methyl sites for hydroxylation is 1. The minimum Gasteiger partial charge on any atom is -0.368 e. The number of H-pyrrole nitrogens is 1. The van der Waals surface area contributed by atoms with Crippen LogP contribution in [0.2, 0.25) is 0 Å². The largest absolute Gasteiger partial charge is 0.434 e. The summed E-state index contributed by atoms with van der Waals surface area (Å²) in [6.45, 7) is 1.89. The van der Waals surface area contributed by atoms with Crippen LogP contribution in [0.1, 0.15) is 47.3 Å². The molecule has 1 aromatic carbocycles. The molecule has 5 rings (SSSR count). The summed E-state index contributed by atoms with van der Waals surface area (Å²) in [5.41, 5.74) is 2.48. The lowest BCUT2D eigenvalue weighted by atomic mass is 9.90. The van der Waals surface area contributed by atoms with Gasteiger partial charge in [-0.3, -0.25) is 9.20 Å². The van der Waals surface area contributed by atoms with E-state index in [1.54, 1.807) is 24.5 Å². The van der Waals surface area contributed by atoms with Crippen molar-refractivity contribution in [3.8, 4) is 0 Å². The van der Waals surface area contributed by atoms with E-state index in [0.29, 0.717) is 11.4 Å². The predicted octanol–water partition coefficient (Wildman–Crippen LogP) is 4.69. The zero-order valence-electron chi connectivity index (χ0n) is 17.9. The number of aromatic amines is 1. The maximum Gasteiger partial charge on any atom is 0.434 e. The Labute approximate surface area is 187 Å². The average Bonchev–Trinajstić information content (AvgIpc) is 3.41. The summed E-state index contributed by atoms with van der Waals surface area (Å²) >= 11 is 0. The number of carbonyl (C=O) groups is 1. The summed E-state index contributed by atoms with van der Waals surface area (Å²) < 4.78 is 40.5. The van der Waals surface area contributed by atoms with Crippen LogP contribution in [0.25, 0.3) is 16.7 Å². The highest BCUT2D eigenvalue weighted by molar-refractivity contribution is 5.99. The molecule has 3 aromatic heterocycles.